The van der Waals surface area contributed by atoms with E-state index in [0.717, 1.165) is 17.2 Å². The van der Waals surface area contributed by atoms with Crippen LogP contribution in [0.25, 0.3) is 21.8 Å². The van der Waals surface area contributed by atoms with E-state index in [1.54, 1.807) is 0 Å². The van der Waals surface area contributed by atoms with Crippen molar-refractivity contribution in [2.24, 2.45) is 0 Å². The molecule has 1 saturated heterocycles. The average Bonchev–Trinajstić information content (AvgIpc) is 2.98. The summed E-state index contributed by atoms with van der Waals surface area (Å²) in [6, 6.07) is 9.44. The lowest BCUT2D eigenvalue weighted by atomic mass is 10.1. The number of nitrogens with zero attached hydrogens (tertiary/aromatic N) is 1. The summed E-state index contributed by atoms with van der Waals surface area (Å²) in [5, 5.41) is 4.69. The quantitative estimate of drug-likeness (QED) is 0.629. The summed E-state index contributed by atoms with van der Waals surface area (Å²) >= 11 is 0. The second-order valence-corrected chi connectivity index (χ2v) is 5.91. The number of amides is 1. The Balaban J connectivity index is 1.72. The molecule has 24 heavy (non-hydrogen) atoms. The number of fused-ring (bicyclic) bond motifs is 2. The fourth-order valence-corrected chi connectivity index (χ4v) is 2.96. The number of hydrogen-bond donors (Lipinski definition) is 3. The molecule has 4 rings (SSSR count). The normalized spacial score (nSPS) is 17.3. The van der Waals surface area contributed by atoms with Crippen LogP contribution in [0.3, 0.4) is 0 Å². The standard InChI is InChI=1S/C17H16N4O3/c18-16-17(23)21-12-6-9-2-1-3-14(11(9)7-13(12)20-16)24-8-10-4-5-15(22)19-10/h1-3,6-7,10H,4-5,8H2,(H2,18,20)(H,19,22)(H,21,23). The molecule has 0 bridgehead atoms. The molecule has 4 N–H and O–H groups in total. The molecule has 1 unspecified atom stereocenters. The SMILES string of the molecule is Nc1nc2cc3c(OCC4CCC(=O)N4)cccc3cc2[nH]c1=O. The Morgan fingerprint density at radius 3 is 2.96 bits per heavy atom. The highest BCUT2D eigenvalue weighted by Gasteiger charge is 2.21. The smallest absolute Gasteiger partial charge is 0.290 e. The van der Waals surface area contributed by atoms with E-state index in [4.69, 9.17) is 10.5 Å². The van der Waals surface area contributed by atoms with Crippen LogP contribution in [0.2, 0.25) is 0 Å². The van der Waals surface area contributed by atoms with Gasteiger partial charge in [0, 0.05) is 11.8 Å². The van der Waals surface area contributed by atoms with E-state index in [-0.39, 0.29) is 17.8 Å². The summed E-state index contributed by atoms with van der Waals surface area (Å²) < 4.78 is 5.91. The lowest BCUT2D eigenvalue weighted by molar-refractivity contribution is -0.119. The number of carbonyl (C=O) groups excluding carboxylic acids is 1. The number of hydrogen-bond acceptors (Lipinski definition) is 5. The number of nitrogen functional groups attached to an aromatic ring is 1. The van der Waals surface area contributed by atoms with Crippen molar-refractivity contribution in [3.8, 4) is 5.75 Å². The van der Waals surface area contributed by atoms with Crippen LogP contribution in [0.15, 0.2) is 35.1 Å². The largest absolute Gasteiger partial charge is 0.491 e. The molecule has 1 aliphatic rings. The highest BCUT2D eigenvalue weighted by Crippen LogP contribution is 2.29. The molecule has 0 spiro atoms. The molecule has 0 aliphatic carbocycles. The molecule has 1 fully saturated rings. The van der Waals surface area contributed by atoms with Crippen molar-refractivity contribution < 1.29 is 9.53 Å². The summed E-state index contributed by atoms with van der Waals surface area (Å²) in [4.78, 5) is 29.7. The van der Waals surface area contributed by atoms with Gasteiger partial charge < -0.3 is 20.8 Å². The number of aromatic nitrogens is 2. The minimum Gasteiger partial charge on any atom is -0.491 e. The van der Waals surface area contributed by atoms with Gasteiger partial charge in [0.1, 0.15) is 12.4 Å². The van der Waals surface area contributed by atoms with Gasteiger partial charge in [0.2, 0.25) is 5.91 Å². The third-order valence-electron chi connectivity index (χ3n) is 4.20. The zero-order valence-electron chi connectivity index (χ0n) is 12.8. The molecule has 1 aromatic heterocycles. The predicted molar refractivity (Wildman–Crippen MR) is 90.9 cm³/mol. The maximum atomic E-state index is 11.6. The number of carbonyl (C=O) groups is 1. The van der Waals surface area contributed by atoms with E-state index in [2.05, 4.69) is 15.3 Å². The molecule has 1 amide bonds. The molecule has 0 radical (unpaired) electrons. The minimum absolute atomic E-state index is 0.0401. The first kappa shape index (κ1) is 14.5. The number of rotatable bonds is 3. The Kier molecular flexibility index (Phi) is 3.34. The second-order valence-electron chi connectivity index (χ2n) is 5.91. The van der Waals surface area contributed by atoms with Gasteiger partial charge in [-0.25, -0.2) is 4.98 Å². The molecular formula is C17H16N4O3. The van der Waals surface area contributed by atoms with E-state index in [1.807, 2.05) is 30.3 Å². The van der Waals surface area contributed by atoms with Crippen LogP contribution < -0.4 is 21.3 Å². The highest BCUT2D eigenvalue weighted by molar-refractivity contribution is 5.98. The molecule has 7 nitrogen and oxygen atoms in total. The molecule has 0 saturated carbocycles. The van der Waals surface area contributed by atoms with Crippen LogP contribution in [-0.4, -0.2) is 28.5 Å². The molecule has 2 aromatic carbocycles. The van der Waals surface area contributed by atoms with Crippen LogP contribution in [0.1, 0.15) is 12.8 Å². The van der Waals surface area contributed by atoms with Gasteiger partial charge in [-0.1, -0.05) is 12.1 Å². The molecule has 1 atom stereocenters. The first-order valence-electron chi connectivity index (χ1n) is 7.74. The zero-order chi connectivity index (χ0) is 16.7. The fourth-order valence-electron chi connectivity index (χ4n) is 2.96. The summed E-state index contributed by atoms with van der Waals surface area (Å²) in [5.41, 5.74) is 6.43. The Morgan fingerprint density at radius 1 is 1.29 bits per heavy atom. The van der Waals surface area contributed by atoms with Crippen LogP contribution in [0.5, 0.6) is 5.75 Å². The number of anilines is 1. The number of H-pyrrole nitrogens is 1. The Bertz CT molecular complexity index is 1010. The molecule has 1 aliphatic heterocycles. The van der Waals surface area contributed by atoms with Crippen LogP contribution in [-0.2, 0) is 4.79 Å². The van der Waals surface area contributed by atoms with Gasteiger partial charge in [-0.3, -0.25) is 9.59 Å². The van der Waals surface area contributed by atoms with E-state index in [0.29, 0.717) is 29.8 Å². The van der Waals surface area contributed by atoms with E-state index in [1.165, 1.54) is 0 Å². The Hall–Kier alpha value is -3.09. The summed E-state index contributed by atoms with van der Waals surface area (Å²) in [5.74, 6) is 0.715. The minimum atomic E-state index is -0.397. The van der Waals surface area contributed by atoms with Crippen molar-refractivity contribution in [1.29, 1.82) is 0 Å². The van der Waals surface area contributed by atoms with Gasteiger partial charge in [0.15, 0.2) is 5.82 Å². The molecular weight excluding hydrogens is 308 g/mol. The van der Waals surface area contributed by atoms with E-state index in [9.17, 15) is 9.59 Å². The lowest BCUT2D eigenvalue weighted by Gasteiger charge is -2.14. The van der Waals surface area contributed by atoms with Crippen molar-refractivity contribution in [3.05, 3.63) is 40.7 Å². The van der Waals surface area contributed by atoms with E-state index >= 15 is 0 Å². The summed E-state index contributed by atoms with van der Waals surface area (Å²) in [7, 11) is 0. The van der Waals surface area contributed by atoms with E-state index < -0.39 is 5.56 Å². The van der Waals surface area contributed by atoms with Gasteiger partial charge in [-0.15, -0.1) is 0 Å². The van der Waals surface area contributed by atoms with Crippen molar-refractivity contribution in [2.45, 2.75) is 18.9 Å². The third-order valence-corrected chi connectivity index (χ3v) is 4.20. The molecule has 122 valence electrons. The lowest BCUT2D eigenvalue weighted by Crippen LogP contribution is -2.30. The number of aromatic amines is 1. The first-order chi connectivity index (χ1) is 11.6. The summed E-state index contributed by atoms with van der Waals surface area (Å²) in [6.07, 6.45) is 1.33. The van der Waals surface area contributed by atoms with Gasteiger partial charge >= 0.3 is 0 Å². The molecule has 3 aromatic rings. The predicted octanol–water partition coefficient (Wildman–Crippen LogP) is 1.32. The average molecular weight is 324 g/mol. The number of nitrogens with two attached hydrogens (primary N) is 1. The number of benzene rings is 2. The fraction of sp³-hybridized carbons (Fsp3) is 0.235. The molecule has 2 heterocycles. The van der Waals surface area contributed by atoms with Crippen molar-refractivity contribution >= 4 is 33.5 Å². The van der Waals surface area contributed by atoms with Gasteiger partial charge in [-0.2, -0.15) is 0 Å². The van der Waals surface area contributed by atoms with Gasteiger partial charge in [-0.05, 0) is 30.0 Å². The maximum absolute atomic E-state index is 11.6. The third kappa shape index (κ3) is 2.54. The van der Waals surface area contributed by atoms with Crippen LogP contribution in [0, 0.1) is 0 Å². The zero-order valence-corrected chi connectivity index (χ0v) is 12.8. The monoisotopic (exact) mass is 324 g/mol. The van der Waals surface area contributed by atoms with Crippen molar-refractivity contribution in [3.63, 3.8) is 0 Å². The second kappa shape index (κ2) is 5.52. The number of ether oxygens (including phenoxy) is 1. The van der Waals surface area contributed by atoms with Gasteiger partial charge in [0.05, 0.1) is 17.1 Å². The summed E-state index contributed by atoms with van der Waals surface area (Å²) in [6.45, 7) is 0.421. The Morgan fingerprint density at radius 2 is 2.17 bits per heavy atom. The van der Waals surface area contributed by atoms with Crippen LogP contribution >= 0.6 is 0 Å². The highest BCUT2D eigenvalue weighted by atomic mass is 16.5. The van der Waals surface area contributed by atoms with Crippen molar-refractivity contribution in [1.82, 2.24) is 15.3 Å². The molecule has 7 heteroatoms. The van der Waals surface area contributed by atoms with Crippen molar-refractivity contribution in [2.75, 3.05) is 12.3 Å². The first-order valence-corrected chi connectivity index (χ1v) is 7.74. The number of nitrogens with one attached hydrogen (secondary N) is 2. The maximum Gasteiger partial charge on any atom is 0.290 e. The van der Waals surface area contributed by atoms with Crippen LogP contribution in [0.4, 0.5) is 5.82 Å². The van der Waals surface area contributed by atoms with Gasteiger partial charge in [0.25, 0.3) is 5.56 Å². The topological polar surface area (TPSA) is 110 Å². The Labute approximate surface area is 136 Å².